The van der Waals surface area contributed by atoms with E-state index in [9.17, 15) is 9.90 Å². The highest BCUT2D eigenvalue weighted by Gasteiger charge is 2.25. The average Bonchev–Trinajstić information content (AvgIpc) is 3.32. The number of rotatable bonds is 11. The molecule has 178 valence electrons. The van der Waals surface area contributed by atoms with Crippen LogP contribution in [-0.2, 0) is 16.1 Å². The van der Waals surface area contributed by atoms with E-state index in [1.807, 2.05) is 65.5 Å². The molecule has 1 aliphatic heterocycles. The lowest BCUT2D eigenvalue weighted by Crippen LogP contribution is -2.43. The Labute approximate surface area is 200 Å². The van der Waals surface area contributed by atoms with E-state index in [4.69, 9.17) is 4.74 Å². The van der Waals surface area contributed by atoms with Crippen LogP contribution < -0.4 is 4.90 Å². The molecule has 1 aliphatic rings. The van der Waals surface area contributed by atoms with Crippen molar-refractivity contribution in [1.82, 2.24) is 15.0 Å². The van der Waals surface area contributed by atoms with Crippen LogP contribution in [0.2, 0.25) is 0 Å². The van der Waals surface area contributed by atoms with Gasteiger partial charge >= 0.3 is 0 Å². The van der Waals surface area contributed by atoms with Crippen molar-refractivity contribution < 1.29 is 14.6 Å². The van der Waals surface area contributed by atoms with E-state index in [2.05, 4.69) is 29.4 Å². The Morgan fingerprint density at radius 1 is 1.12 bits per heavy atom. The van der Waals surface area contributed by atoms with Crippen molar-refractivity contribution in [2.24, 2.45) is 5.92 Å². The Morgan fingerprint density at radius 3 is 2.50 bits per heavy atom. The van der Waals surface area contributed by atoms with Crippen molar-refractivity contribution in [2.45, 2.75) is 38.3 Å². The Morgan fingerprint density at radius 2 is 1.88 bits per heavy atom. The number of aliphatic hydroxyl groups is 1. The summed E-state index contributed by atoms with van der Waals surface area (Å²) in [6, 6.07) is 17.9. The van der Waals surface area contributed by atoms with Crippen LogP contribution in [0.3, 0.4) is 0 Å². The van der Waals surface area contributed by atoms with Gasteiger partial charge in [-0.1, -0.05) is 66.8 Å². The lowest BCUT2D eigenvalue weighted by atomic mass is 9.96. The van der Waals surface area contributed by atoms with Crippen LogP contribution in [0.1, 0.15) is 48.6 Å². The highest BCUT2D eigenvalue weighted by Crippen LogP contribution is 2.30. The van der Waals surface area contributed by atoms with Crippen molar-refractivity contribution in [3.8, 4) is 0 Å². The summed E-state index contributed by atoms with van der Waals surface area (Å²) in [5, 5.41) is 18.4. The van der Waals surface area contributed by atoms with E-state index in [1.165, 1.54) is 0 Å². The first kappa shape index (κ1) is 23.9. The van der Waals surface area contributed by atoms with Gasteiger partial charge in [0.05, 0.1) is 24.3 Å². The number of carbonyl (C=O) groups is 1. The molecule has 0 spiro atoms. The number of aryl methyl sites for hydroxylation is 1. The molecule has 1 fully saturated rings. The molecule has 1 N–H and O–H groups in total. The number of hydrogen-bond acceptors (Lipinski definition) is 5. The zero-order valence-electron chi connectivity index (χ0n) is 19.7. The third kappa shape index (κ3) is 5.43. The minimum absolute atomic E-state index is 0.00610. The Kier molecular flexibility index (Phi) is 7.87. The fraction of sp³-hybridized carbons (Fsp3) is 0.370. The van der Waals surface area contributed by atoms with Crippen LogP contribution >= 0.6 is 0 Å². The largest absolute Gasteiger partial charge is 0.395 e. The fourth-order valence-electron chi connectivity index (χ4n) is 4.34. The van der Waals surface area contributed by atoms with E-state index in [1.54, 1.807) is 12.0 Å². The second kappa shape index (κ2) is 11.2. The summed E-state index contributed by atoms with van der Waals surface area (Å²) in [7, 11) is 1.73. The van der Waals surface area contributed by atoms with Crippen LogP contribution in [0.5, 0.6) is 0 Å². The molecular weight excluding hydrogens is 428 g/mol. The number of benzene rings is 2. The Hall–Kier alpha value is -3.29. The lowest BCUT2D eigenvalue weighted by molar-refractivity contribution is -0.122. The van der Waals surface area contributed by atoms with Gasteiger partial charge in [0, 0.05) is 44.4 Å². The maximum atomic E-state index is 11.6. The quantitative estimate of drug-likeness (QED) is 0.344. The van der Waals surface area contributed by atoms with Crippen LogP contribution in [-0.4, -0.2) is 46.3 Å². The molecule has 3 atom stereocenters. The molecule has 4 rings (SSSR count). The number of aliphatic hydroxyl groups excluding tert-OH is 1. The summed E-state index contributed by atoms with van der Waals surface area (Å²) >= 11 is 0. The fourth-order valence-corrected chi connectivity index (χ4v) is 4.34. The topological polar surface area (TPSA) is 80.5 Å². The number of carbonyl (C=O) groups excluding carboxylic acids is 1. The predicted octanol–water partition coefficient (Wildman–Crippen LogP) is 4.11. The first-order valence-electron chi connectivity index (χ1n) is 11.8. The van der Waals surface area contributed by atoms with Crippen molar-refractivity contribution >= 4 is 11.6 Å². The third-order valence-corrected chi connectivity index (χ3v) is 6.38. The standard InChI is InChI=1S/C27H32N4O3/c1-20(27(34-2)22-11-13-23(14-12-22)31-17-15-26(31)33)8-6-7-16-30-18-25(28-29-30)24(19-32)21-9-4-3-5-10-21/h3-6,8-14,18,20,24,27,32H,7,15-17,19H2,1-2H3/b8-6+/t20-,24?,27+/m0/s1. The number of nitrogens with zero attached hydrogens (tertiary/aromatic N) is 4. The van der Waals surface area contributed by atoms with Gasteiger partial charge in [-0.3, -0.25) is 9.48 Å². The predicted molar refractivity (Wildman–Crippen MR) is 131 cm³/mol. The van der Waals surface area contributed by atoms with E-state index in [-0.39, 0.29) is 30.5 Å². The molecule has 0 bridgehead atoms. The molecule has 1 saturated heterocycles. The van der Waals surface area contributed by atoms with Crippen LogP contribution in [0, 0.1) is 5.92 Å². The second-order valence-electron chi connectivity index (χ2n) is 8.67. The van der Waals surface area contributed by atoms with Gasteiger partial charge in [0.1, 0.15) is 0 Å². The van der Waals surface area contributed by atoms with E-state index in [0.29, 0.717) is 13.0 Å². The van der Waals surface area contributed by atoms with Crippen molar-refractivity contribution in [2.75, 3.05) is 25.2 Å². The monoisotopic (exact) mass is 460 g/mol. The summed E-state index contributed by atoms with van der Waals surface area (Å²) in [4.78, 5) is 13.4. The average molecular weight is 461 g/mol. The number of aromatic nitrogens is 3. The maximum Gasteiger partial charge on any atom is 0.228 e. The number of allylic oxidation sites excluding steroid dienone is 1. The van der Waals surface area contributed by atoms with Gasteiger partial charge in [0.15, 0.2) is 0 Å². The van der Waals surface area contributed by atoms with Gasteiger partial charge in [-0.25, -0.2) is 0 Å². The number of β-lactam (4-membered cyclic amide) rings is 1. The molecule has 1 aromatic heterocycles. The van der Waals surface area contributed by atoms with Crippen LogP contribution in [0.25, 0.3) is 0 Å². The third-order valence-electron chi connectivity index (χ3n) is 6.38. The van der Waals surface area contributed by atoms with Gasteiger partial charge in [-0.15, -0.1) is 5.10 Å². The van der Waals surface area contributed by atoms with Gasteiger partial charge in [-0.05, 0) is 29.7 Å². The van der Waals surface area contributed by atoms with Crippen molar-refractivity contribution in [3.05, 3.63) is 89.8 Å². The highest BCUT2D eigenvalue weighted by atomic mass is 16.5. The Balaban J connectivity index is 1.31. The molecule has 7 nitrogen and oxygen atoms in total. The minimum Gasteiger partial charge on any atom is -0.395 e. The first-order chi connectivity index (χ1) is 16.6. The zero-order chi connectivity index (χ0) is 23.9. The number of methoxy groups -OCH3 is 1. The molecule has 0 aliphatic carbocycles. The highest BCUT2D eigenvalue weighted by molar-refractivity contribution is 5.99. The summed E-state index contributed by atoms with van der Waals surface area (Å²) in [6.07, 6.45) is 7.61. The van der Waals surface area contributed by atoms with E-state index < -0.39 is 0 Å². The molecule has 34 heavy (non-hydrogen) atoms. The molecule has 2 aromatic carbocycles. The van der Waals surface area contributed by atoms with Gasteiger partial charge < -0.3 is 14.7 Å². The second-order valence-corrected chi connectivity index (χ2v) is 8.67. The molecule has 1 amide bonds. The summed E-state index contributed by atoms with van der Waals surface area (Å²) in [5.41, 5.74) is 3.84. The summed E-state index contributed by atoms with van der Waals surface area (Å²) in [6.45, 7) is 3.63. The van der Waals surface area contributed by atoms with Crippen LogP contribution in [0.15, 0.2) is 72.9 Å². The smallest absolute Gasteiger partial charge is 0.228 e. The Bertz CT molecular complexity index is 1090. The number of amides is 1. The molecule has 3 aromatic rings. The van der Waals surface area contributed by atoms with Crippen LogP contribution in [0.4, 0.5) is 5.69 Å². The van der Waals surface area contributed by atoms with Gasteiger partial charge in [0.25, 0.3) is 0 Å². The normalized spacial score (nSPS) is 16.4. The summed E-state index contributed by atoms with van der Waals surface area (Å²) < 4.78 is 7.60. The minimum atomic E-state index is -0.168. The number of ether oxygens (including phenoxy) is 1. The molecule has 2 heterocycles. The molecule has 0 radical (unpaired) electrons. The molecule has 7 heteroatoms. The van der Waals surface area contributed by atoms with Gasteiger partial charge in [0.2, 0.25) is 5.91 Å². The maximum absolute atomic E-state index is 11.6. The summed E-state index contributed by atoms with van der Waals surface area (Å²) in [5.74, 6) is 0.196. The molecule has 1 unspecified atom stereocenters. The van der Waals surface area contributed by atoms with E-state index in [0.717, 1.165) is 35.5 Å². The lowest BCUT2D eigenvalue weighted by Gasteiger charge is -2.31. The molecular formula is C27H32N4O3. The number of anilines is 1. The van der Waals surface area contributed by atoms with E-state index >= 15 is 0 Å². The first-order valence-corrected chi connectivity index (χ1v) is 11.8. The van der Waals surface area contributed by atoms with Crippen molar-refractivity contribution in [1.29, 1.82) is 0 Å². The number of hydrogen-bond donors (Lipinski definition) is 1. The van der Waals surface area contributed by atoms with Gasteiger partial charge in [-0.2, -0.15) is 0 Å². The zero-order valence-corrected chi connectivity index (χ0v) is 19.7. The molecule has 0 saturated carbocycles. The van der Waals surface area contributed by atoms with Crippen molar-refractivity contribution in [3.63, 3.8) is 0 Å². The SMILES string of the molecule is CO[C@@H](c1ccc(N2CCC2=O)cc1)[C@@H](C)/C=C/CCn1cc(C(CO)c2ccccc2)nn1.